The van der Waals surface area contributed by atoms with Gasteiger partial charge in [0.25, 0.3) is 5.91 Å². The van der Waals surface area contributed by atoms with Crippen LogP contribution in [0.15, 0.2) is 41.4 Å². The summed E-state index contributed by atoms with van der Waals surface area (Å²) < 4.78 is 28.9. The highest BCUT2D eigenvalue weighted by Crippen LogP contribution is 2.25. The van der Waals surface area contributed by atoms with Crippen LogP contribution < -0.4 is 5.32 Å². The van der Waals surface area contributed by atoms with E-state index in [1.165, 1.54) is 16.6 Å². The number of aryl methyl sites for hydroxylation is 2. The molecule has 27 heavy (non-hydrogen) atoms. The lowest BCUT2D eigenvalue weighted by atomic mass is 10.0. The zero-order chi connectivity index (χ0) is 19.6. The van der Waals surface area contributed by atoms with Gasteiger partial charge in [0.2, 0.25) is 10.0 Å². The lowest BCUT2D eigenvalue weighted by molar-refractivity contribution is 0.101. The van der Waals surface area contributed by atoms with Crippen molar-refractivity contribution in [3.8, 4) is 0 Å². The van der Waals surface area contributed by atoms with Gasteiger partial charge < -0.3 is 9.88 Å². The summed E-state index contributed by atoms with van der Waals surface area (Å²) in [4.78, 5) is 12.8. The average molecular weight is 390 g/mol. The molecule has 1 aromatic carbocycles. The summed E-state index contributed by atoms with van der Waals surface area (Å²) in [6.07, 6.45) is 4.13. The van der Waals surface area contributed by atoms with Crippen LogP contribution in [0, 0.1) is 5.92 Å². The normalized spacial score (nSPS) is 16.4. The predicted octanol–water partition coefficient (Wildman–Crippen LogP) is 3.26. The van der Waals surface area contributed by atoms with E-state index in [2.05, 4.69) is 19.2 Å². The second kappa shape index (κ2) is 7.86. The smallest absolute Gasteiger partial charge is 0.272 e. The van der Waals surface area contributed by atoms with E-state index in [4.69, 9.17) is 0 Å². The summed E-state index contributed by atoms with van der Waals surface area (Å²) in [5, 5.41) is 2.86. The van der Waals surface area contributed by atoms with Gasteiger partial charge in [-0.2, -0.15) is 4.31 Å². The first-order chi connectivity index (χ1) is 12.8. The Morgan fingerprint density at radius 1 is 1.22 bits per heavy atom. The highest BCUT2D eigenvalue weighted by molar-refractivity contribution is 7.89. The maximum absolute atomic E-state index is 12.9. The molecular weight excluding hydrogens is 362 g/mol. The minimum atomic E-state index is -3.57. The standard InChI is InChI=1S/C20H27N3O3S/c1-4-16-6-5-7-17(12-16)21-20(24)19-13-18(14-22(19)3)27(25,26)23-10-8-15(2)9-11-23/h5-7,12-15H,4,8-11H2,1-3H3,(H,21,24). The van der Waals surface area contributed by atoms with Crippen molar-refractivity contribution in [2.45, 2.75) is 38.0 Å². The number of hydrogen-bond donors (Lipinski definition) is 1. The molecular formula is C20H27N3O3S. The molecule has 7 heteroatoms. The molecule has 0 radical (unpaired) electrons. The van der Waals surface area contributed by atoms with Gasteiger partial charge in [-0.05, 0) is 48.9 Å². The molecule has 0 saturated carbocycles. The third-order valence-electron chi connectivity index (χ3n) is 5.19. The van der Waals surface area contributed by atoms with E-state index < -0.39 is 10.0 Å². The summed E-state index contributed by atoms with van der Waals surface area (Å²) >= 11 is 0. The molecule has 2 heterocycles. The first kappa shape index (κ1) is 19.6. The average Bonchev–Trinajstić information content (AvgIpc) is 3.05. The molecule has 1 aliphatic rings. The Balaban J connectivity index is 1.80. The van der Waals surface area contributed by atoms with Gasteiger partial charge >= 0.3 is 0 Å². The van der Waals surface area contributed by atoms with Gasteiger partial charge in [0, 0.05) is 32.0 Å². The van der Waals surface area contributed by atoms with Gasteiger partial charge in [0.05, 0.1) is 0 Å². The number of carbonyl (C=O) groups is 1. The topological polar surface area (TPSA) is 71.4 Å². The van der Waals surface area contributed by atoms with Crippen LogP contribution in [0.25, 0.3) is 0 Å². The van der Waals surface area contributed by atoms with Gasteiger partial charge in [0.15, 0.2) is 0 Å². The van der Waals surface area contributed by atoms with Crippen molar-refractivity contribution in [2.24, 2.45) is 13.0 Å². The summed E-state index contributed by atoms with van der Waals surface area (Å²) in [5.74, 6) is 0.229. The fraction of sp³-hybridized carbons (Fsp3) is 0.450. The molecule has 1 N–H and O–H groups in total. The van der Waals surface area contributed by atoms with Gasteiger partial charge in [-0.3, -0.25) is 4.79 Å². The van der Waals surface area contributed by atoms with Crippen molar-refractivity contribution in [2.75, 3.05) is 18.4 Å². The number of nitrogens with one attached hydrogen (secondary N) is 1. The highest BCUT2D eigenvalue weighted by atomic mass is 32.2. The van der Waals surface area contributed by atoms with Crippen molar-refractivity contribution in [3.05, 3.63) is 47.8 Å². The van der Waals surface area contributed by atoms with E-state index in [9.17, 15) is 13.2 Å². The van der Waals surface area contributed by atoms with Crippen molar-refractivity contribution >= 4 is 21.6 Å². The van der Waals surface area contributed by atoms with Gasteiger partial charge in [-0.1, -0.05) is 26.0 Å². The molecule has 3 rings (SSSR count). The molecule has 0 unspecified atom stereocenters. The Labute approximate surface area is 161 Å². The number of amides is 1. The first-order valence-electron chi connectivity index (χ1n) is 9.38. The third kappa shape index (κ3) is 4.25. The monoisotopic (exact) mass is 389 g/mol. The zero-order valence-electron chi connectivity index (χ0n) is 16.1. The number of anilines is 1. The molecule has 2 aromatic rings. The number of rotatable bonds is 5. The van der Waals surface area contributed by atoms with Crippen molar-refractivity contribution < 1.29 is 13.2 Å². The molecule has 0 bridgehead atoms. The third-order valence-corrected chi connectivity index (χ3v) is 7.05. The second-order valence-electron chi connectivity index (χ2n) is 7.27. The molecule has 146 valence electrons. The lowest BCUT2D eigenvalue weighted by Crippen LogP contribution is -2.37. The van der Waals surface area contributed by atoms with Crippen LogP contribution in [-0.2, 0) is 23.5 Å². The Kier molecular flexibility index (Phi) is 5.72. The minimum absolute atomic E-state index is 0.173. The largest absolute Gasteiger partial charge is 0.345 e. The molecule has 6 nitrogen and oxygen atoms in total. The Morgan fingerprint density at radius 3 is 2.59 bits per heavy atom. The highest BCUT2D eigenvalue weighted by Gasteiger charge is 2.30. The maximum Gasteiger partial charge on any atom is 0.272 e. The minimum Gasteiger partial charge on any atom is -0.345 e. The molecule has 0 aliphatic carbocycles. The molecule has 1 aromatic heterocycles. The van der Waals surface area contributed by atoms with Crippen LogP contribution in [0.1, 0.15) is 42.7 Å². The Morgan fingerprint density at radius 2 is 1.93 bits per heavy atom. The SMILES string of the molecule is CCc1cccc(NC(=O)c2cc(S(=O)(=O)N3CCC(C)CC3)cn2C)c1. The van der Waals surface area contributed by atoms with Crippen LogP contribution in [0.3, 0.4) is 0 Å². The number of nitrogens with zero attached hydrogens (tertiary/aromatic N) is 2. The zero-order valence-corrected chi connectivity index (χ0v) is 16.9. The van der Waals surface area contributed by atoms with Gasteiger partial charge in [0.1, 0.15) is 10.6 Å². The number of sulfonamides is 1. The summed E-state index contributed by atoms with van der Waals surface area (Å²) in [7, 11) is -1.88. The van der Waals surface area contributed by atoms with E-state index in [0.717, 1.165) is 24.8 Å². The molecule has 1 aliphatic heterocycles. The number of benzene rings is 1. The molecule has 0 spiro atoms. The molecule has 1 saturated heterocycles. The molecule has 1 amide bonds. The maximum atomic E-state index is 12.9. The van der Waals surface area contributed by atoms with Crippen molar-refractivity contribution in [3.63, 3.8) is 0 Å². The fourth-order valence-corrected chi connectivity index (χ4v) is 4.88. The Hall–Kier alpha value is -2.12. The van der Waals surface area contributed by atoms with E-state index in [-0.39, 0.29) is 10.8 Å². The number of piperidine rings is 1. The quantitative estimate of drug-likeness (QED) is 0.853. The number of hydrogen-bond acceptors (Lipinski definition) is 3. The van der Waals surface area contributed by atoms with E-state index >= 15 is 0 Å². The summed E-state index contributed by atoms with van der Waals surface area (Å²) in [6.45, 7) is 5.26. The van der Waals surface area contributed by atoms with E-state index in [1.54, 1.807) is 11.6 Å². The first-order valence-corrected chi connectivity index (χ1v) is 10.8. The summed E-state index contributed by atoms with van der Waals surface area (Å²) in [5.41, 5.74) is 2.15. The lowest BCUT2D eigenvalue weighted by Gasteiger charge is -2.29. The van der Waals surface area contributed by atoms with Crippen molar-refractivity contribution in [1.82, 2.24) is 8.87 Å². The summed E-state index contributed by atoms with van der Waals surface area (Å²) in [6, 6.07) is 9.11. The van der Waals surface area contributed by atoms with Crippen LogP contribution in [-0.4, -0.2) is 36.3 Å². The number of aromatic nitrogens is 1. The molecule has 0 atom stereocenters. The van der Waals surface area contributed by atoms with Gasteiger partial charge in [-0.15, -0.1) is 0 Å². The molecule has 1 fully saturated rings. The van der Waals surface area contributed by atoms with E-state index in [1.807, 2.05) is 24.3 Å². The second-order valence-corrected chi connectivity index (χ2v) is 9.20. The van der Waals surface area contributed by atoms with Gasteiger partial charge in [-0.25, -0.2) is 8.42 Å². The Bertz CT molecular complexity index is 926. The van der Waals surface area contributed by atoms with Crippen molar-refractivity contribution in [1.29, 1.82) is 0 Å². The number of carbonyl (C=O) groups excluding carboxylic acids is 1. The van der Waals surface area contributed by atoms with Crippen LogP contribution >= 0.6 is 0 Å². The van der Waals surface area contributed by atoms with Crippen LogP contribution in [0.4, 0.5) is 5.69 Å². The predicted molar refractivity (Wildman–Crippen MR) is 106 cm³/mol. The van der Waals surface area contributed by atoms with Crippen LogP contribution in [0.2, 0.25) is 0 Å². The van der Waals surface area contributed by atoms with Crippen LogP contribution in [0.5, 0.6) is 0 Å². The van der Waals surface area contributed by atoms with E-state index in [0.29, 0.717) is 30.4 Å². The fourth-order valence-electron chi connectivity index (χ4n) is 3.34.